The number of aromatic nitrogens is 3. The Morgan fingerprint density at radius 3 is 2.30 bits per heavy atom. The second kappa shape index (κ2) is 9.52. The van der Waals surface area contributed by atoms with Crippen molar-refractivity contribution in [2.24, 2.45) is 0 Å². The van der Waals surface area contributed by atoms with Crippen LogP contribution in [0.5, 0.6) is 0 Å². The smallest absolute Gasteiger partial charge is 0.329 e. The molecule has 0 unspecified atom stereocenters. The highest BCUT2D eigenvalue weighted by Crippen LogP contribution is 2.28. The second-order valence-corrected chi connectivity index (χ2v) is 7.54. The van der Waals surface area contributed by atoms with E-state index < -0.39 is 18.0 Å². The molecule has 2 aromatic heterocycles. The van der Waals surface area contributed by atoms with Gasteiger partial charge >= 0.3 is 11.9 Å². The van der Waals surface area contributed by atoms with Crippen LogP contribution >= 0.6 is 0 Å². The zero-order valence-corrected chi connectivity index (χ0v) is 18.4. The van der Waals surface area contributed by atoms with Crippen LogP contribution in [0.15, 0.2) is 73.2 Å². The summed E-state index contributed by atoms with van der Waals surface area (Å²) in [5, 5.41) is 9.55. The van der Waals surface area contributed by atoms with Gasteiger partial charge in [-0.1, -0.05) is 60.7 Å². The first-order valence-electron chi connectivity index (χ1n) is 10.4. The van der Waals surface area contributed by atoms with E-state index in [4.69, 9.17) is 14.9 Å². The van der Waals surface area contributed by atoms with E-state index in [0.717, 1.165) is 16.7 Å². The first kappa shape index (κ1) is 22.0. The van der Waals surface area contributed by atoms with Crippen molar-refractivity contribution in [3.05, 3.63) is 84.2 Å². The Hall–Kier alpha value is -4.20. The minimum atomic E-state index is -1.06. The number of esters is 2. The van der Waals surface area contributed by atoms with Crippen molar-refractivity contribution >= 4 is 23.0 Å². The number of carbonyl (C=O) groups excluding carboxylic acids is 2. The molecule has 0 saturated heterocycles. The molecule has 0 fully saturated rings. The normalized spacial score (nSPS) is 11.8. The molecule has 0 spiro atoms. The summed E-state index contributed by atoms with van der Waals surface area (Å²) in [5.41, 5.74) is 3.50. The third-order valence-electron chi connectivity index (χ3n) is 5.53. The highest BCUT2D eigenvalue weighted by atomic mass is 16.5. The van der Waals surface area contributed by atoms with Crippen LogP contribution in [0, 0.1) is 5.41 Å². The summed E-state index contributed by atoms with van der Waals surface area (Å²) in [6.45, 7) is 0.573. The van der Waals surface area contributed by atoms with E-state index in [2.05, 4.69) is 4.98 Å². The first-order chi connectivity index (χ1) is 16.0. The van der Waals surface area contributed by atoms with Gasteiger partial charge < -0.3 is 18.6 Å². The van der Waals surface area contributed by atoms with Crippen molar-refractivity contribution < 1.29 is 19.1 Å². The molecule has 0 saturated carbocycles. The van der Waals surface area contributed by atoms with Crippen LogP contribution in [0.1, 0.15) is 18.0 Å². The maximum Gasteiger partial charge on any atom is 0.329 e. The topological polar surface area (TPSA) is 99.2 Å². The van der Waals surface area contributed by atoms with Gasteiger partial charge in [-0.3, -0.25) is 10.2 Å². The molecule has 0 aliphatic carbocycles. The summed E-state index contributed by atoms with van der Waals surface area (Å²) < 4.78 is 13.0. The largest absolute Gasteiger partial charge is 0.469 e. The molecule has 0 radical (unpaired) electrons. The van der Waals surface area contributed by atoms with Gasteiger partial charge in [-0.15, -0.1) is 0 Å². The summed E-state index contributed by atoms with van der Waals surface area (Å²) in [4.78, 5) is 29.0. The Morgan fingerprint density at radius 2 is 1.67 bits per heavy atom. The average molecular weight is 444 g/mol. The fourth-order valence-corrected chi connectivity index (χ4v) is 3.87. The van der Waals surface area contributed by atoms with Crippen LogP contribution in [0.4, 0.5) is 0 Å². The van der Waals surface area contributed by atoms with E-state index >= 15 is 0 Å². The van der Waals surface area contributed by atoms with E-state index in [1.165, 1.54) is 25.1 Å². The first-order valence-corrected chi connectivity index (χ1v) is 10.4. The number of ether oxygens (including phenoxy) is 2. The number of nitrogens with zero attached hydrogens (tertiary/aromatic N) is 3. The van der Waals surface area contributed by atoms with Gasteiger partial charge in [0.25, 0.3) is 0 Å². The molecule has 0 aliphatic heterocycles. The third-order valence-corrected chi connectivity index (χ3v) is 5.53. The molecule has 0 amide bonds. The molecule has 2 heterocycles. The summed E-state index contributed by atoms with van der Waals surface area (Å²) in [5.74, 6) is -1.23. The van der Waals surface area contributed by atoms with Crippen LogP contribution in [-0.2, 0) is 25.6 Å². The van der Waals surface area contributed by atoms with Crippen LogP contribution < -0.4 is 5.49 Å². The molecule has 8 heteroatoms. The Bertz CT molecular complexity index is 1340. The maximum absolute atomic E-state index is 12.5. The lowest BCUT2D eigenvalue weighted by atomic mass is 10.1. The lowest BCUT2D eigenvalue weighted by Gasteiger charge is -2.17. The number of hydrogen-bond donors (Lipinski definition) is 1. The van der Waals surface area contributed by atoms with Gasteiger partial charge in [-0.25, -0.2) is 9.78 Å². The molecule has 0 aliphatic rings. The third kappa shape index (κ3) is 4.41. The van der Waals surface area contributed by atoms with E-state index in [9.17, 15) is 9.59 Å². The lowest BCUT2D eigenvalue weighted by Crippen LogP contribution is -2.33. The predicted molar refractivity (Wildman–Crippen MR) is 122 cm³/mol. The number of nitrogens with one attached hydrogen (secondary N) is 1. The standard InChI is InChI=1S/C25H24N4O4/c1-32-21(30)13-20(25(31)33-2)29-16-27-24-22(23(29)26)19(18-11-7-4-8-12-18)15-28(24)14-17-9-5-3-6-10-17/h3-12,15-16,20,26H,13-14H2,1-2H3/t20-/m0/s1. The number of hydrogen-bond acceptors (Lipinski definition) is 6. The molecule has 1 atom stereocenters. The van der Waals surface area contributed by atoms with Gasteiger partial charge in [0, 0.05) is 18.3 Å². The van der Waals surface area contributed by atoms with Crippen LogP contribution in [0.2, 0.25) is 0 Å². The van der Waals surface area contributed by atoms with Gasteiger partial charge in [0.1, 0.15) is 17.2 Å². The molecule has 168 valence electrons. The van der Waals surface area contributed by atoms with Crippen molar-refractivity contribution in [3.63, 3.8) is 0 Å². The molecule has 4 aromatic rings. The molecule has 2 aromatic carbocycles. The number of carbonyl (C=O) groups is 2. The highest BCUT2D eigenvalue weighted by Gasteiger charge is 2.27. The zero-order valence-electron chi connectivity index (χ0n) is 18.4. The molecule has 8 nitrogen and oxygen atoms in total. The van der Waals surface area contributed by atoms with E-state index in [1.54, 1.807) is 0 Å². The number of fused-ring (bicyclic) bond motifs is 1. The van der Waals surface area contributed by atoms with E-state index in [-0.39, 0.29) is 11.9 Å². The molecule has 1 N–H and O–H groups in total. The molecule has 0 bridgehead atoms. The van der Waals surface area contributed by atoms with Crippen molar-refractivity contribution in [2.75, 3.05) is 14.2 Å². The van der Waals surface area contributed by atoms with Gasteiger partial charge in [0.15, 0.2) is 0 Å². The van der Waals surface area contributed by atoms with Crippen molar-refractivity contribution in [2.45, 2.75) is 19.0 Å². The Labute approximate surface area is 190 Å². The van der Waals surface area contributed by atoms with Gasteiger partial charge in [0.05, 0.1) is 32.4 Å². The lowest BCUT2D eigenvalue weighted by molar-refractivity contribution is -0.151. The molecular weight excluding hydrogens is 420 g/mol. The molecule has 33 heavy (non-hydrogen) atoms. The number of methoxy groups -OCH3 is 2. The van der Waals surface area contributed by atoms with E-state index in [0.29, 0.717) is 17.6 Å². The van der Waals surface area contributed by atoms with Crippen molar-refractivity contribution in [1.29, 1.82) is 5.41 Å². The number of benzene rings is 2. The monoisotopic (exact) mass is 444 g/mol. The SMILES string of the molecule is COC(=O)C[C@@H](C(=O)OC)n1cnc2c(c(-c3ccccc3)cn2Cc2ccccc2)c1=N. The summed E-state index contributed by atoms with van der Waals surface area (Å²) in [6, 6.07) is 18.6. The maximum atomic E-state index is 12.5. The fourth-order valence-electron chi connectivity index (χ4n) is 3.87. The van der Waals surface area contributed by atoms with Gasteiger partial charge in [-0.05, 0) is 11.1 Å². The van der Waals surface area contributed by atoms with Gasteiger partial charge in [0.2, 0.25) is 0 Å². The van der Waals surface area contributed by atoms with Crippen LogP contribution in [-0.4, -0.2) is 40.3 Å². The van der Waals surface area contributed by atoms with Crippen molar-refractivity contribution in [3.8, 4) is 11.1 Å². The molecule has 4 rings (SSSR count). The number of rotatable bonds is 7. The second-order valence-electron chi connectivity index (χ2n) is 7.54. The van der Waals surface area contributed by atoms with Crippen molar-refractivity contribution in [1.82, 2.24) is 14.1 Å². The molecular formula is C25H24N4O4. The quantitative estimate of drug-likeness (QED) is 0.441. The Kier molecular flexibility index (Phi) is 6.35. The minimum Gasteiger partial charge on any atom is -0.469 e. The summed E-state index contributed by atoms with van der Waals surface area (Å²) in [6.07, 6.45) is 3.11. The predicted octanol–water partition coefficient (Wildman–Crippen LogP) is 3.31. The minimum absolute atomic E-state index is 0.0602. The highest BCUT2D eigenvalue weighted by molar-refractivity contribution is 5.93. The summed E-state index contributed by atoms with van der Waals surface area (Å²) >= 11 is 0. The van der Waals surface area contributed by atoms with E-state index in [1.807, 2.05) is 71.4 Å². The van der Waals surface area contributed by atoms with Gasteiger partial charge in [-0.2, -0.15) is 0 Å². The Balaban J connectivity index is 1.92. The summed E-state index contributed by atoms with van der Waals surface area (Å²) in [7, 11) is 2.50. The zero-order chi connectivity index (χ0) is 23.4. The fraction of sp³-hybridized carbons (Fsp3) is 0.200. The van der Waals surface area contributed by atoms with Crippen LogP contribution in [0.25, 0.3) is 22.2 Å². The Morgan fingerprint density at radius 1 is 1.00 bits per heavy atom. The van der Waals surface area contributed by atoms with Crippen LogP contribution in [0.3, 0.4) is 0 Å². The average Bonchev–Trinajstić information content (AvgIpc) is 3.22.